The lowest BCUT2D eigenvalue weighted by molar-refractivity contribution is -0.121. The van der Waals surface area contributed by atoms with Crippen molar-refractivity contribution >= 4 is 23.2 Å². The number of piperidine rings is 1. The molecule has 1 amide bonds. The first kappa shape index (κ1) is 22.3. The van der Waals surface area contributed by atoms with Gasteiger partial charge in [-0.05, 0) is 32.6 Å². The Morgan fingerprint density at radius 2 is 2.00 bits per heavy atom. The molecule has 0 radical (unpaired) electrons. The van der Waals surface area contributed by atoms with Crippen LogP contribution in [0.1, 0.15) is 37.4 Å². The number of aromatic nitrogens is 1. The summed E-state index contributed by atoms with van der Waals surface area (Å²) in [5.41, 5.74) is 3.53. The van der Waals surface area contributed by atoms with Crippen molar-refractivity contribution in [3.63, 3.8) is 0 Å². The van der Waals surface area contributed by atoms with E-state index in [9.17, 15) is 4.79 Å². The summed E-state index contributed by atoms with van der Waals surface area (Å²) in [4.78, 5) is 23.6. The van der Waals surface area contributed by atoms with Crippen LogP contribution >= 0.6 is 11.3 Å². The van der Waals surface area contributed by atoms with E-state index in [0.29, 0.717) is 12.3 Å². The normalized spacial score (nSPS) is 15.3. The van der Waals surface area contributed by atoms with Crippen LogP contribution in [0.15, 0.2) is 34.6 Å². The standard InChI is InChI=1S/C23H33N5OS/c1-4-25-23(28-13-10-18(11-14-28)15-21(29)24-3)26-12-9-20-16-30-22(27-20)19-7-5-17(2)6-8-19/h5-8,16,18H,4,9-15H2,1-3H3,(H,24,29)(H,25,26). The van der Waals surface area contributed by atoms with Crippen molar-refractivity contribution in [3.8, 4) is 10.6 Å². The van der Waals surface area contributed by atoms with Crippen molar-refractivity contribution in [3.05, 3.63) is 40.9 Å². The van der Waals surface area contributed by atoms with Crippen molar-refractivity contribution in [2.24, 2.45) is 10.9 Å². The second-order valence-electron chi connectivity index (χ2n) is 7.80. The summed E-state index contributed by atoms with van der Waals surface area (Å²) in [6.45, 7) is 7.66. The highest BCUT2D eigenvalue weighted by atomic mass is 32.1. The lowest BCUT2D eigenvalue weighted by atomic mass is 9.93. The highest BCUT2D eigenvalue weighted by molar-refractivity contribution is 7.13. The van der Waals surface area contributed by atoms with Gasteiger partial charge in [-0.2, -0.15) is 0 Å². The first-order chi connectivity index (χ1) is 14.6. The van der Waals surface area contributed by atoms with Gasteiger partial charge < -0.3 is 15.5 Å². The van der Waals surface area contributed by atoms with Crippen LogP contribution in [0.4, 0.5) is 0 Å². The summed E-state index contributed by atoms with van der Waals surface area (Å²) in [5.74, 6) is 1.59. The van der Waals surface area contributed by atoms with E-state index in [1.54, 1.807) is 18.4 Å². The molecule has 1 aliphatic rings. The van der Waals surface area contributed by atoms with Gasteiger partial charge in [-0.25, -0.2) is 4.98 Å². The fourth-order valence-corrected chi connectivity index (χ4v) is 4.53. The fraction of sp³-hybridized carbons (Fsp3) is 0.522. The van der Waals surface area contributed by atoms with E-state index in [4.69, 9.17) is 9.98 Å². The number of benzene rings is 1. The Balaban J connectivity index is 1.53. The molecule has 2 heterocycles. The van der Waals surface area contributed by atoms with E-state index in [1.165, 1.54) is 11.1 Å². The van der Waals surface area contributed by atoms with Gasteiger partial charge in [0.1, 0.15) is 5.01 Å². The van der Waals surface area contributed by atoms with Gasteiger partial charge in [0.05, 0.1) is 5.69 Å². The maximum absolute atomic E-state index is 11.6. The van der Waals surface area contributed by atoms with Gasteiger partial charge in [-0.3, -0.25) is 9.79 Å². The van der Waals surface area contributed by atoms with Crippen LogP contribution < -0.4 is 10.6 Å². The SMILES string of the molecule is CCNC(=NCCc1csc(-c2ccc(C)cc2)n1)N1CCC(CC(=O)NC)CC1. The van der Waals surface area contributed by atoms with Crippen molar-refractivity contribution < 1.29 is 4.79 Å². The minimum atomic E-state index is 0.141. The molecule has 0 spiro atoms. The highest BCUT2D eigenvalue weighted by Gasteiger charge is 2.23. The zero-order valence-corrected chi connectivity index (χ0v) is 19.1. The number of guanidine groups is 1. The number of carbonyl (C=O) groups is 1. The summed E-state index contributed by atoms with van der Waals surface area (Å²) >= 11 is 1.69. The molecular weight excluding hydrogens is 394 g/mol. The van der Waals surface area contributed by atoms with E-state index in [0.717, 1.165) is 62.1 Å². The average Bonchev–Trinajstić information content (AvgIpc) is 3.23. The van der Waals surface area contributed by atoms with Gasteiger partial charge in [0.15, 0.2) is 5.96 Å². The molecule has 1 aromatic heterocycles. The molecule has 1 saturated heterocycles. The lowest BCUT2D eigenvalue weighted by Gasteiger charge is -2.34. The Morgan fingerprint density at radius 3 is 2.67 bits per heavy atom. The van der Waals surface area contributed by atoms with Crippen LogP contribution in [0, 0.1) is 12.8 Å². The van der Waals surface area contributed by atoms with Gasteiger partial charge in [0.2, 0.25) is 5.91 Å². The number of nitrogens with one attached hydrogen (secondary N) is 2. The smallest absolute Gasteiger partial charge is 0.220 e. The van der Waals surface area contributed by atoms with Gasteiger partial charge >= 0.3 is 0 Å². The largest absolute Gasteiger partial charge is 0.359 e. The van der Waals surface area contributed by atoms with Crippen LogP contribution in [0.3, 0.4) is 0 Å². The van der Waals surface area contributed by atoms with Crippen molar-refractivity contribution in [1.29, 1.82) is 0 Å². The second kappa shape index (κ2) is 11.1. The number of hydrogen-bond donors (Lipinski definition) is 2. The third-order valence-corrected chi connectivity index (χ3v) is 6.42. The van der Waals surface area contributed by atoms with Gasteiger partial charge in [-0.1, -0.05) is 29.8 Å². The van der Waals surface area contributed by atoms with Crippen molar-refractivity contribution in [2.75, 3.05) is 33.2 Å². The zero-order chi connectivity index (χ0) is 21.3. The molecule has 2 N–H and O–H groups in total. The highest BCUT2D eigenvalue weighted by Crippen LogP contribution is 2.24. The summed E-state index contributed by atoms with van der Waals surface area (Å²) in [6, 6.07) is 8.52. The molecule has 7 heteroatoms. The van der Waals surface area contributed by atoms with Crippen LogP contribution in [-0.4, -0.2) is 55.0 Å². The van der Waals surface area contributed by atoms with E-state index in [1.807, 2.05) is 0 Å². The molecule has 3 rings (SSSR count). The molecule has 0 bridgehead atoms. The summed E-state index contributed by atoms with van der Waals surface area (Å²) in [7, 11) is 1.71. The number of rotatable bonds is 7. The second-order valence-corrected chi connectivity index (χ2v) is 8.66. The summed E-state index contributed by atoms with van der Waals surface area (Å²) in [6.07, 6.45) is 3.53. The van der Waals surface area contributed by atoms with Crippen LogP contribution in [-0.2, 0) is 11.2 Å². The molecule has 0 unspecified atom stereocenters. The van der Waals surface area contributed by atoms with Crippen LogP contribution in [0.2, 0.25) is 0 Å². The van der Waals surface area contributed by atoms with Gasteiger partial charge in [-0.15, -0.1) is 11.3 Å². The van der Waals surface area contributed by atoms with E-state index in [2.05, 4.69) is 59.0 Å². The molecule has 162 valence electrons. The molecule has 1 aromatic carbocycles. The summed E-state index contributed by atoms with van der Waals surface area (Å²) < 4.78 is 0. The monoisotopic (exact) mass is 427 g/mol. The molecule has 1 aliphatic heterocycles. The van der Waals surface area contributed by atoms with Crippen molar-refractivity contribution in [1.82, 2.24) is 20.5 Å². The lowest BCUT2D eigenvalue weighted by Crippen LogP contribution is -2.46. The predicted molar refractivity (Wildman–Crippen MR) is 125 cm³/mol. The number of hydrogen-bond acceptors (Lipinski definition) is 4. The average molecular weight is 428 g/mol. The number of likely N-dealkylation sites (tertiary alicyclic amines) is 1. The zero-order valence-electron chi connectivity index (χ0n) is 18.3. The minimum absolute atomic E-state index is 0.141. The van der Waals surface area contributed by atoms with Crippen molar-refractivity contribution in [2.45, 2.75) is 39.5 Å². The molecule has 0 saturated carbocycles. The number of aryl methyl sites for hydroxylation is 1. The molecule has 30 heavy (non-hydrogen) atoms. The maximum atomic E-state index is 11.6. The Hall–Kier alpha value is -2.41. The predicted octanol–water partition coefficient (Wildman–Crippen LogP) is 3.47. The Kier molecular flexibility index (Phi) is 8.25. The number of amides is 1. The van der Waals surface area contributed by atoms with Crippen LogP contribution in [0.5, 0.6) is 0 Å². The number of nitrogens with zero attached hydrogens (tertiary/aromatic N) is 3. The van der Waals surface area contributed by atoms with Gasteiger partial charge in [0.25, 0.3) is 0 Å². The molecule has 1 fully saturated rings. The van der Waals surface area contributed by atoms with E-state index >= 15 is 0 Å². The molecule has 0 atom stereocenters. The topological polar surface area (TPSA) is 69.6 Å². The Morgan fingerprint density at radius 1 is 1.27 bits per heavy atom. The quantitative estimate of drug-likeness (QED) is 0.524. The third-order valence-electron chi connectivity index (χ3n) is 5.48. The van der Waals surface area contributed by atoms with Gasteiger partial charge in [0, 0.05) is 57.0 Å². The maximum Gasteiger partial charge on any atom is 0.220 e. The Labute approximate surface area is 183 Å². The summed E-state index contributed by atoms with van der Waals surface area (Å²) in [5, 5.41) is 9.36. The van der Waals surface area contributed by atoms with E-state index in [-0.39, 0.29) is 5.91 Å². The number of carbonyl (C=O) groups excluding carboxylic acids is 1. The Bertz CT molecular complexity index is 838. The third kappa shape index (κ3) is 6.29. The van der Waals surface area contributed by atoms with Crippen LogP contribution in [0.25, 0.3) is 10.6 Å². The number of aliphatic imine (C=N–C) groups is 1. The first-order valence-electron chi connectivity index (χ1n) is 10.8. The van der Waals surface area contributed by atoms with E-state index < -0.39 is 0 Å². The first-order valence-corrected chi connectivity index (χ1v) is 11.7. The molecule has 0 aliphatic carbocycles. The molecule has 2 aromatic rings. The molecule has 6 nitrogen and oxygen atoms in total. The minimum Gasteiger partial charge on any atom is -0.359 e. The molecular formula is C23H33N5OS. The number of thiazole rings is 1. The fourth-order valence-electron chi connectivity index (χ4n) is 3.67.